The highest BCUT2D eigenvalue weighted by atomic mass is 32.2. The minimum atomic E-state index is -0.376. The summed E-state index contributed by atoms with van der Waals surface area (Å²) in [6.07, 6.45) is 1.73. The number of thioether (sulfide) groups is 1. The Bertz CT molecular complexity index is 925. The number of anilines is 1. The van der Waals surface area contributed by atoms with Crippen molar-refractivity contribution in [2.24, 2.45) is 0 Å². The van der Waals surface area contributed by atoms with Crippen molar-refractivity contribution in [3.05, 3.63) is 73.1 Å². The Kier molecular flexibility index (Phi) is 6.03. The summed E-state index contributed by atoms with van der Waals surface area (Å²) in [5, 5.41) is 11.5. The van der Waals surface area contributed by atoms with Crippen LogP contribution in [0.5, 0.6) is 0 Å². The minimum absolute atomic E-state index is 0.123. The molecule has 0 unspecified atom stereocenters. The summed E-state index contributed by atoms with van der Waals surface area (Å²) in [5.41, 5.74) is 1.49. The summed E-state index contributed by atoms with van der Waals surface area (Å²) in [4.78, 5) is 12.4. The Hall–Kier alpha value is -2.93. The number of carbonyl (C=O) groups excluding carboxylic acids is 1. The average molecular weight is 382 g/mol. The predicted octanol–water partition coefficient (Wildman–Crippen LogP) is 4.39. The second-order valence-electron chi connectivity index (χ2n) is 5.83. The number of benzene rings is 2. The Labute approximate surface area is 161 Å². The molecular formula is C20H19FN4OS. The van der Waals surface area contributed by atoms with Gasteiger partial charge >= 0.3 is 0 Å². The molecule has 1 amide bonds. The number of hydrogen-bond acceptors (Lipinski definition) is 4. The number of halogens is 1. The van der Waals surface area contributed by atoms with Crippen LogP contribution >= 0.6 is 11.8 Å². The van der Waals surface area contributed by atoms with Crippen molar-refractivity contribution < 1.29 is 9.18 Å². The van der Waals surface area contributed by atoms with Gasteiger partial charge in [-0.05, 0) is 43.3 Å². The molecule has 0 aliphatic heterocycles. The molecule has 3 rings (SSSR count). The van der Waals surface area contributed by atoms with Crippen molar-refractivity contribution in [3.8, 4) is 11.4 Å². The lowest BCUT2D eigenvalue weighted by Crippen LogP contribution is -2.22. The number of para-hydroxylation sites is 1. The number of hydrogen-bond donors (Lipinski definition) is 1. The third-order valence-electron chi connectivity index (χ3n) is 3.82. The van der Waals surface area contributed by atoms with E-state index in [1.54, 1.807) is 18.2 Å². The molecule has 5 nitrogen and oxygen atoms in total. The first kappa shape index (κ1) is 18.8. The van der Waals surface area contributed by atoms with Crippen LogP contribution in [0.3, 0.4) is 0 Å². The van der Waals surface area contributed by atoms with Crippen molar-refractivity contribution >= 4 is 23.4 Å². The molecule has 0 spiro atoms. The largest absolute Gasteiger partial charge is 0.325 e. The molecule has 0 saturated carbocycles. The van der Waals surface area contributed by atoms with Gasteiger partial charge in [0.2, 0.25) is 5.91 Å². The number of nitrogens with one attached hydrogen (secondary N) is 1. The van der Waals surface area contributed by atoms with E-state index in [0.717, 1.165) is 11.3 Å². The first-order chi connectivity index (χ1) is 13.1. The lowest BCUT2D eigenvalue weighted by molar-refractivity contribution is -0.115. The molecule has 1 aromatic heterocycles. The number of carbonyl (C=O) groups is 1. The number of aromatic nitrogens is 3. The second kappa shape index (κ2) is 8.64. The quantitative estimate of drug-likeness (QED) is 0.486. The van der Waals surface area contributed by atoms with Gasteiger partial charge < -0.3 is 5.32 Å². The molecule has 138 valence electrons. The molecule has 0 aliphatic rings. The molecule has 0 bridgehead atoms. The Morgan fingerprint density at radius 2 is 1.93 bits per heavy atom. The molecule has 3 aromatic rings. The van der Waals surface area contributed by atoms with Crippen LogP contribution < -0.4 is 5.32 Å². The SMILES string of the molecule is C=CCn1c(S[C@@H](C)C(=O)Nc2ccccc2)nnc1-c1ccc(F)cc1. The third-order valence-corrected chi connectivity index (χ3v) is 4.90. The molecule has 1 heterocycles. The topological polar surface area (TPSA) is 59.8 Å². The normalized spacial score (nSPS) is 11.8. The molecule has 0 saturated heterocycles. The van der Waals surface area contributed by atoms with Crippen LogP contribution in [0.4, 0.5) is 10.1 Å². The van der Waals surface area contributed by atoms with Gasteiger partial charge in [-0.3, -0.25) is 9.36 Å². The zero-order valence-electron chi connectivity index (χ0n) is 14.8. The zero-order valence-corrected chi connectivity index (χ0v) is 15.6. The standard InChI is InChI=1S/C20H19FN4OS/c1-3-13-25-18(15-9-11-16(21)12-10-15)23-24-20(25)27-14(2)19(26)22-17-7-5-4-6-8-17/h3-12,14H,1,13H2,2H3,(H,22,26)/t14-/m0/s1. The van der Waals surface area contributed by atoms with Crippen LogP contribution in [0.25, 0.3) is 11.4 Å². The van der Waals surface area contributed by atoms with Crippen LogP contribution in [-0.4, -0.2) is 25.9 Å². The van der Waals surface area contributed by atoms with E-state index < -0.39 is 0 Å². The highest BCUT2D eigenvalue weighted by Gasteiger charge is 2.20. The van der Waals surface area contributed by atoms with E-state index in [9.17, 15) is 9.18 Å². The van der Waals surface area contributed by atoms with Crippen molar-refractivity contribution in [2.75, 3.05) is 5.32 Å². The average Bonchev–Trinajstić information content (AvgIpc) is 3.06. The maximum absolute atomic E-state index is 13.2. The van der Waals surface area contributed by atoms with E-state index in [1.807, 2.05) is 41.8 Å². The Morgan fingerprint density at radius 1 is 1.22 bits per heavy atom. The monoisotopic (exact) mass is 382 g/mol. The van der Waals surface area contributed by atoms with E-state index in [0.29, 0.717) is 17.5 Å². The van der Waals surface area contributed by atoms with Gasteiger partial charge in [-0.1, -0.05) is 36.0 Å². The molecule has 27 heavy (non-hydrogen) atoms. The summed E-state index contributed by atoms with van der Waals surface area (Å²) in [6.45, 7) is 6.06. The number of allylic oxidation sites excluding steroid dienone is 1. The van der Waals surface area contributed by atoms with E-state index in [1.165, 1.54) is 23.9 Å². The van der Waals surface area contributed by atoms with Crippen LogP contribution in [0.2, 0.25) is 0 Å². The maximum atomic E-state index is 13.2. The van der Waals surface area contributed by atoms with Crippen molar-refractivity contribution in [3.63, 3.8) is 0 Å². The highest BCUT2D eigenvalue weighted by molar-refractivity contribution is 8.00. The molecular weight excluding hydrogens is 363 g/mol. The minimum Gasteiger partial charge on any atom is -0.325 e. The van der Waals surface area contributed by atoms with E-state index in [-0.39, 0.29) is 17.0 Å². The first-order valence-corrected chi connectivity index (χ1v) is 9.29. The molecule has 1 atom stereocenters. The van der Waals surface area contributed by atoms with E-state index >= 15 is 0 Å². The molecule has 2 aromatic carbocycles. The molecule has 7 heteroatoms. The number of nitrogens with zero attached hydrogens (tertiary/aromatic N) is 3. The van der Waals surface area contributed by atoms with Crippen molar-refractivity contribution in [1.82, 2.24) is 14.8 Å². The van der Waals surface area contributed by atoms with Crippen LogP contribution in [-0.2, 0) is 11.3 Å². The summed E-state index contributed by atoms with van der Waals surface area (Å²) in [5.74, 6) is 0.171. The summed E-state index contributed by atoms with van der Waals surface area (Å²) < 4.78 is 15.0. The fourth-order valence-electron chi connectivity index (χ4n) is 2.46. The van der Waals surface area contributed by atoms with Crippen LogP contribution in [0.15, 0.2) is 72.4 Å². The fraction of sp³-hybridized carbons (Fsp3) is 0.150. The summed E-state index contributed by atoms with van der Waals surface area (Å²) in [6, 6.07) is 15.4. The maximum Gasteiger partial charge on any atom is 0.237 e. The Balaban J connectivity index is 1.78. The highest BCUT2D eigenvalue weighted by Crippen LogP contribution is 2.27. The van der Waals surface area contributed by atoms with Gasteiger partial charge in [-0.2, -0.15) is 0 Å². The summed E-state index contributed by atoms with van der Waals surface area (Å²) in [7, 11) is 0. The third kappa shape index (κ3) is 4.62. The van der Waals surface area contributed by atoms with Gasteiger partial charge in [0.05, 0.1) is 5.25 Å². The van der Waals surface area contributed by atoms with Crippen LogP contribution in [0, 0.1) is 5.82 Å². The van der Waals surface area contributed by atoms with Gasteiger partial charge in [0.25, 0.3) is 0 Å². The van der Waals surface area contributed by atoms with Gasteiger partial charge in [-0.25, -0.2) is 4.39 Å². The van der Waals surface area contributed by atoms with Gasteiger partial charge in [0.15, 0.2) is 11.0 Å². The zero-order chi connectivity index (χ0) is 19.2. The van der Waals surface area contributed by atoms with Gasteiger partial charge in [-0.15, -0.1) is 16.8 Å². The molecule has 0 aliphatic carbocycles. The molecule has 0 radical (unpaired) electrons. The molecule has 0 fully saturated rings. The van der Waals surface area contributed by atoms with E-state index in [2.05, 4.69) is 22.1 Å². The van der Waals surface area contributed by atoms with Gasteiger partial charge in [0.1, 0.15) is 5.82 Å². The van der Waals surface area contributed by atoms with Crippen molar-refractivity contribution in [2.45, 2.75) is 23.9 Å². The number of rotatable bonds is 7. The van der Waals surface area contributed by atoms with Gasteiger partial charge in [0, 0.05) is 17.8 Å². The number of amides is 1. The fourth-order valence-corrected chi connectivity index (χ4v) is 3.32. The lowest BCUT2D eigenvalue weighted by atomic mass is 10.2. The Morgan fingerprint density at radius 3 is 2.59 bits per heavy atom. The summed E-state index contributed by atoms with van der Waals surface area (Å²) >= 11 is 1.31. The smallest absolute Gasteiger partial charge is 0.237 e. The van der Waals surface area contributed by atoms with Crippen LogP contribution in [0.1, 0.15) is 6.92 Å². The second-order valence-corrected chi connectivity index (χ2v) is 7.14. The lowest BCUT2D eigenvalue weighted by Gasteiger charge is -2.13. The molecule has 1 N–H and O–H groups in total. The first-order valence-electron chi connectivity index (χ1n) is 8.41. The van der Waals surface area contributed by atoms with Crippen molar-refractivity contribution in [1.29, 1.82) is 0 Å². The van der Waals surface area contributed by atoms with E-state index in [4.69, 9.17) is 0 Å². The predicted molar refractivity (Wildman–Crippen MR) is 106 cm³/mol.